The zero-order valence-corrected chi connectivity index (χ0v) is 13.1. The fourth-order valence-corrected chi connectivity index (χ4v) is 2.09. The number of halogens is 4. The fourth-order valence-electron chi connectivity index (χ4n) is 1.66. The van der Waals surface area contributed by atoms with Gasteiger partial charge in [-0.15, -0.1) is 11.6 Å². The Morgan fingerprint density at radius 1 is 1.10 bits per heavy atom. The van der Waals surface area contributed by atoms with Gasteiger partial charge in [0.25, 0.3) is 0 Å². The van der Waals surface area contributed by atoms with Gasteiger partial charge in [0.2, 0.25) is 0 Å². The second kappa shape index (κ2) is 7.56. The van der Waals surface area contributed by atoms with Crippen molar-refractivity contribution >= 4 is 34.8 Å². The molecule has 0 atom stereocenters. The molecule has 0 saturated carbocycles. The molecule has 5 heteroatoms. The summed E-state index contributed by atoms with van der Waals surface area (Å²) in [5, 5.41) is 1.09. The van der Waals surface area contributed by atoms with Gasteiger partial charge in [0, 0.05) is 21.7 Å². The molecule has 0 fully saturated rings. The third kappa shape index (κ3) is 4.54. The van der Waals surface area contributed by atoms with Gasteiger partial charge >= 0.3 is 0 Å². The lowest BCUT2D eigenvalue weighted by atomic mass is 10.2. The zero-order valence-electron chi connectivity index (χ0n) is 10.8. The molecule has 0 bridgehead atoms. The standard InChI is InChI=1S/C16H10Cl3FO/c17-7-1-2-11-3-5-14(20)9-16(11)21-10-12-8-13(18)4-6-15(12)19/h3-6,8-9H,7,10H2. The molecule has 0 N–H and O–H groups in total. The highest BCUT2D eigenvalue weighted by molar-refractivity contribution is 6.33. The summed E-state index contributed by atoms with van der Waals surface area (Å²) in [6.45, 7) is 0.165. The topological polar surface area (TPSA) is 9.23 Å². The van der Waals surface area contributed by atoms with Crippen LogP contribution in [0.25, 0.3) is 0 Å². The predicted molar refractivity (Wildman–Crippen MR) is 84.8 cm³/mol. The van der Waals surface area contributed by atoms with E-state index in [1.807, 2.05) is 0 Å². The van der Waals surface area contributed by atoms with Crippen LogP contribution < -0.4 is 4.74 Å². The van der Waals surface area contributed by atoms with Gasteiger partial charge in [0.05, 0.1) is 11.4 Å². The minimum absolute atomic E-state index is 0.165. The van der Waals surface area contributed by atoms with Crippen molar-refractivity contribution in [3.8, 4) is 17.6 Å². The second-order valence-electron chi connectivity index (χ2n) is 4.10. The maximum Gasteiger partial charge on any atom is 0.138 e. The van der Waals surface area contributed by atoms with Crippen LogP contribution in [0.15, 0.2) is 36.4 Å². The summed E-state index contributed by atoms with van der Waals surface area (Å²) in [4.78, 5) is 0. The van der Waals surface area contributed by atoms with Crippen molar-refractivity contribution in [2.75, 3.05) is 5.88 Å². The van der Waals surface area contributed by atoms with Gasteiger partial charge in [0.1, 0.15) is 18.2 Å². The molecule has 0 heterocycles. The SMILES string of the molecule is Fc1ccc(C#CCCl)c(OCc2cc(Cl)ccc2Cl)c1. The van der Waals surface area contributed by atoms with Gasteiger partial charge in [-0.05, 0) is 30.3 Å². The van der Waals surface area contributed by atoms with E-state index < -0.39 is 5.82 Å². The van der Waals surface area contributed by atoms with E-state index >= 15 is 0 Å². The summed E-state index contributed by atoms with van der Waals surface area (Å²) in [5.74, 6) is 5.65. The van der Waals surface area contributed by atoms with Crippen molar-refractivity contribution in [1.29, 1.82) is 0 Å². The molecule has 0 aliphatic rings. The van der Waals surface area contributed by atoms with Crippen LogP contribution in [0.1, 0.15) is 11.1 Å². The Labute approximate surface area is 137 Å². The van der Waals surface area contributed by atoms with Gasteiger partial charge in [0.15, 0.2) is 0 Å². The van der Waals surface area contributed by atoms with Crippen LogP contribution in [0, 0.1) is 17.7 Å². The van der Waals surface area contributed by atoms with Crippen LogP contribution in [0.3, 0.4) is 0 Å². The second-order valence-corrected chi connectivity index (χ2v) is 5.21. The first-order valence-corrected chi connectivity index (χ1v) is 7.30. The van der Waals surface area contributed by atoms with E-state index in [2.05, 4.69) is 11.8 Å². The summed E-state index contributed by atoms with van der Waals surface area (Å²) in [6.07, 6.45) is 0. The Balaban J connectivity index is 2.23. The molecule has 2 aromatic rings. The van der Waals surface area contributed by atoms with Crippen molar-refractivity contribution in [1.82, 2.24) is 0 Å². The highest BCUT2D eigenvalue weighted by atomic mass is 35.5. The maximum absolute atomic E-state index is 13.3. The predicted octanol–water partition coefficient (Wildman–Crippen LogP) is 5.30. The molecule has 21 heavy (non-hydrogen) atoms. The average Bonchev–Trinajstić information content (AvgIpc) is 2.47. The van der Waals surface area contributed by atoms with Gasteiger partial charge in [-0.1, -0.05) is 35.0 Å². The van der Waals surface area contributed by atoms with Gasteiger partial charge in [-0.25, -0.2) is 4.39 Å². The van der Waals surface area contributed by atoms with E-state index in [0.717, 1.165) is 0 Å². The zero-order chi connectivity index (χ0) is 15.2. The molecule has 0 aromatic heterocycles. The lowest BCUT2D eigenvalue weighted by Crippen LogP contribution is -1.99. The number of hydrogen-bond acceptors (Lipinski definition) is 1. The number of rotatable bonds is 3. The third-order valence-corrected chi connectivity index (χ3v) is 3.36. The van der Waals surface area contributed by atoms with Crippen molar-refractivity contribution in [3.05, 3.63) is 63.4 Å². The number of alkyl halides is 1. The Morgan fingerprint density at radius 2 is 1.90 bits per heavy atom. The first-order chi connectivity index (χ1) is 10.1. The highest BCUT2D eigenvalue weighted by Crippen LogP contribution is 2.24. The molecule has 0 unspecified atom stereocenters. The first-order valence-electron chi connectivity index (χ1n) is 6.01. The van der Waals surface area contributed by atoms with E-state index in [0.29, 0.717) is 26.9 Å². The average molecular weight is 344 g/mol. The van der Waals surface area contributed by atoms with Crippen LogP contribution >= 0.6 is 34.8 Å². The molecular formula is C16H10Cl3FO. The minimum atomic E-state index is -0.404. The molecule has 1 nitrogen and oxygen atoms in total. The smallest absolute Gasteiger partial charge is 0.138 e. The molecule has 108 valence electrons. The van der Waals surface area contributed by atoms with Crippen molar-refractivity contribution < 1.29 is 9.13 Å². The van der Waals surface area contributed by atoms with E-state index in [4.69, 9.17) is 39.5 Å². The Hall–Kier alpha value is -1.40. The van der Waals surface area contributed by atoms with Crippen molar-refractivity contribution in [2.24, 2.45) is 0 Å². The normalized spacial score (nSPS) is 9.90. The maximum atomic E-state index is 13.3. The first kappa shape index (κ1) is 16.0. The monoisotopic (exact) mass is 342 g/mol. The molecule has 0 saturated heterocycles. The number of hydrogen-bond donors (Lipinski definition) is 0. The van der Waals surface area contributed by atoms with Crippen LogP contribution in [0.4, 0.5) is 4.39 Å². The van der Waals surface area contributed by atoms with Gasteiger partial charge in [-0.2, -0.15) is 0 Å². The summed E-state index contributed by atoms with van der Waals surface area (Å²) in [5.41, 5.74) is 1.28. The van der Waals surface area contributed by atoms with Crippen molar-refractivity contribution in [2.45, 2.75) is 6.61 Å². The largest absolute Gasteiger partial charge is 0.487 e. The Morgan fingerprint density at radius 3 is 2.67 bits per heavy atom. The summed E-state index contributed by atoms with van der Waals surface area (Å²) < 4.78 is 18.9. The highest BCUT2D eigenvalue weighted by Gasteiger charge is 2.07. The Kier molecular flexibility index (Phi) is 5.76. The molecule has 0 radical (unpaired) electrons. The van der Waals surface area contributed by atoms with E-state index in [1.165, 1.54) is 12.1 Å². The third-order valence-electron chi connectivity index (χ3n) is 2.62. The van der Waals surface area contributed by atoms with E-state index in [-0.39, 0.29) is 12.5 Å². The summed E-state index contributed by atoms with van der Waals surface area (Å²) in [7, 11) is 0. The van der Waals surface area contributed by atoms with Gasteiger partial charge < -0.3 is 4.74 Å². The van der Waals surface area contributed by atoms with Crippen LogP contribution in [0.2, 0.25) is 10.0 Å². The molecular weight excluding hydrogens is 334 g/mol. The number of ether oxygens (including phenoxy) is 1. The van der Waals surface area contributed by atoms with Crippen molar-refractivity contribution in [3.63, 3.8) is 0 Å². The lowest BCUT2D eigenvalue weighted by molar-refractivity contribution is 0.304. The van der Waals surface area contributed by atoms with Crippen LogP contribution in [0.5, 0.6) is 5.75 Å². The van der Waals surface area contributed by atoms with Gasteiger partial charge in [-0.3, -0.25) is 0 Å². The van der Waals surface area contributed by atoms with E-state index in [1.54, 1.807) is 24.3 Å². The molecule has 0 aliphatic heterocycles. The van der Waals surface area contributed by atoms with Crippen LogP contribution in [-0.2, 0) is 6.61 Å². The van der Waals surface area contributed by atoms with Crippen LogP contribution in [-0.4, -0.2) is 5.88 Å². The molecule has 2 rings (SSSR count). The summed E-state index contributed by atoms with van der Waals surface area (Å²) >= 11 is 17.5. The minimum Gasteiger partial charge on any atom is -0.487 e. The lowest BCUT2D eigenvalue weighted by Gasteiger charge is -2.10. The number of benzene rings is 2. The molecule has 0 amide bonds. The summed E-state index contributed by atoms with van der Waals surface area (Å²) in [6, 6.07) is 9.21. The molecule has 2 aromatic carbocycles. The Bertz CT molecular complexity index is 704. The molecule has 0 spiro atoms. The fraction of sp³-hybridized carbons (Fsp3) is 0.125. The van der Waals surface area contributed by atoms with E-state index in [9.17, 15) is 4.39 Å². The quantitative estimate of drug-likeness (QED) is 0.542. The molecule has 0 aliphatic carbocycles.